The number of rotatable bonds is 5. The number of benzene rings is 1. The summed E-state index contributed by atoms with van der Waals surface area (Å²) in [6, 6.07) is 9.66. The van der Waals surface area contributed by atoms with E-state index in [2.05, 4.69) is 5.10 Å². The number of hydrogen-bond acceptors (Lipinski definition) is 4. The van der Waals surface area contributed by atoms with Crippen LogP contribution in [0, 0.1) is 5.92 Å². The topological polar surface area (TPSA) is 67.6 Å². The lowest BCUT2D eigenvalue weighted by atomic mass is 9.93. The van der Waals surface area contributed by atoms with Crippen molar-refractivity contribution in [1.29, 1.82) is 0 Å². The molecule has 1 aliphatic heterocycles. The number of carbonyl (C=O) groups excluding carboxylic acids is 1. The van der Waals surface area contributed by atoms with Crippen LogP contribution in [0.25, 0.3) is 5.69 Å². The zero-order valence-electron chi connectivity index (χ0n) is 14.8. The van der Waals surface area contributed by atoms with Crippen molar-refractivity contribution in [3.05, 3.63) is 42.2 Å². The summed E-state index contributed by atoms with van der Waals surface area (Å²) in [5.41, 5.74) is 1.21. The highest BCUT2D eigenvalue weighted by molar-refractivity contribution is 5.95. The van der Waals surface area contributed by atoms with E-state index < -0.39 is 6.10 Å². The molecule has 1 fully saturated rings. The Hall–Kier alpha value is -2.34. The van der Waals surface area contributed by atoms with Crippen LogP contribution in [0.2, 0.25) is 0 Å². The van der Waals surface area contributed by atoms with Crippen LogP contribution in [0.15, 0.2) is 36.5 Å². The maximum atomic E-state index is 13.0. The Bertz CT molecular complexity index is 712. The SMILES string of the molecule is CCOc1cn(-c2ccccc2)nc1C(=O)N1CCCC(C(C)O)C1. The Labute approximate surface area is 148 Å². The Morgan fingerprint density at radius 2 is 2.16 bits per heavy atom. The molecular weight excluding hydrogens is 318 g/mol. The molecule has 0 radical (unpaired) electrons. The van der Waals surface area contributed by atoms with Gasteiger partial charge >= 0.3 is 0 Å². The third-order valence-electron chi connectivity index (χ3n) is 4.63. The van der Waals surface area contributed by atoms with Gasteiger partial charge in [0.2, 0.25) is 0 Å². The van der Waals surface area contributed by atoms with E-state index in [9.17, 15) is 9.90 Å². The molecule has 1 aromatic heterocycles. The van der Waals surface area contributed by atoms with Gasteiger partial charge in [-0.05, 0) is 38.8 Å². The van der Waals surface area contributed by atoms with Crippen LogP contribution >= 0.6 is 0 Å². The van der Waals surface area contributed by atoms with Crippen LogP contribution in [0.5, 0.6) is 5.75 Å². The first-order valence-electron chi connectivity index (χ1n) is 8.85. The van der Waals surface area contributed by atoms with Crippen LogP contribution in [-0.4, -0.2) is 51.5 Å². The second-order valence-electron chi connectivity index (χ2n) is 6.45. The van der Waals surface area contributed by atoms with Gasteiger partial charge in [-0.2, -0.15) is 5.10 Å². The van der Waals surface area contributed by atoms with E-state index in [4.69, 9.17) is 4.74 Å². The maximum absolute atomic E-state index is 13.0. The highest BCUT2D eigenvalue weighted by atomic mass is 16.5. The van der Waals surface area contributed by atoms with Gasteiger partial charge in [0.1, 0.15) is 0 Å². The van der Waals surface area contributed by atoms with E-state index in [0.29, 0.717) is 31.1 Å². The van der Waals surface area contributed by atoms with Gasteiger partial charge in [-0.25, -0.2) is 4.68 Å². The van der Waals surface area contributed by atoms with Gasteiger partial charge in [-0.15, -0.1) is 0 Å². The van der Waals surface area contributed by atoms with Gasteiger partial charge in [-0.1, -0.05) is 18.2 Å². The van der Waals surface area contributed by atoms with Crippen molar-refractivity contribution >= 4 is 5.91 Å². The molecular formula is C19H25N3O3. The average molecular weight is 343 g/mol. The van der Waals surface area contributed by atoms with Gasteiger partial charge in [-0.3, -0.25) is 4.79 Å². The fourth-order valence-electron chi connectivity index (χ4n) is 3.22. The molecule has 0 bridgehead atoms. The van der Waals surface area contributed by atoms with Gasteiger partial charge in [0.25, 0.3) is 5.91 Å². The zero-order valence-corrected chi connectivity index (χ0v) is 14.8. The lowest BCUT2D eigenvalue weighted by Gasteiger charge is -2.33. The van der Waals surface area contributed by atoms with E-state index in [1.165, 1.54) is 0 Å². The number of aliphatic hydroxyl groups is 1. The fourth-order valence-corrected chi connectivity index (χ4v) is 3.22. The Balaban J connectivity index is 1.87. The fraction of sp³-hybridized carbons (Fsp3) is 0.474. The third-order valence-corrected chi connectivity index (χ3v) is 4.63. The smallest absolute Gasteiger partial charge is 0.278 e. The molecule has 2 aromatic rings. The first kappa shape index (κ1) is 17.5. The normalized spacial score (nSPS) is 18.8. The summed E-state index contributed by atoms with van der Waals surface area (Å²) in [6.07, 6.45) is 3.18. The number of para-hydroxylation sites is 1. The Morgan fingerprint density at radius 1 is 1.40 bits per heavy atom. The van der Waals surface area contributed by atoms with Gasteiger partial charge in [0.15, 0.2) is 11.4 Å². The molecule has 0 saturated carbocycles. The van der Waals surface area contributed by atoms with Crippen molar-refractivity contribution in [2.75, 3.05) is 19.7 Å². The molecule has 3 rings (SSSR count). The summed E-state index contributed by atoms with van der Waals surface area (Å²) in [7, 11) is 0. The van der Waals surface area contributed by atoms with Crippen molar-refractivity contribution in [3.63, 3.8) is 0 Å². The molecule has 1 amide bonds. The summed E-state index contributed by atoms with van der Waals surface area (Å²) >= 11 is 0. The first-order valence-corrected chi connectivity index (χ1v) is 8.85. The summed E-state index contributed by atoms with van der Waals surface area (Å²) < 4.78 is 7.32. The highest BCUT2D eigenvalue weighted by Crippen LogP contribution is 2.25. The Kier molecular flexibility index (Phi) is 5.38. The molecule has 0 spiro atoms. The van der Waals surface area contributed by atoms with E-state index in [0.717, 1.165) is 18.5 Å². The molecule has 1 aromatic carbocycles. The van der Waals surface area contributed by atoms with Crippen molar-refractivity contribution in [2.24, 2.45) is 5.92 Å². The third kappa shape index (κ3) is 3.85. The quantitative estimate of drug-likeness (QED) is 0.906. The molecule has 2 unspecified atom stereocenters. The number of carbonyl (C=O) groups is 1. The summed E-state index contributed by atoms with van der Waals surface area (Å²) in [5.74, 6) is 0.475. The van der Waals surface area contributed by atoms with Crippen LogP contribution in [0.1, 0.15) is 37.2 Å². The minimum absolute atomic E-state index is 0.115. The monoisotopic (exact) mass is 343 g/mol. The number of piperidine rings is 1. The highest BCUT2D eigenvalue weighted by Gasteiger charge is 2.30. The van der Waals surface area contributed by atoms with Crippen molar-refractivity contribution in [3.8, 4) is 11.4 Å². The molecule has 25 heavy (non-hydrogen) atoms. The number of hydrogen-bond donors (Lipinski definition) is 1. The molecule has 1 saturated heterocycles. The van der Waals surface area contributed by atoms with Crippen molar-refractivity contribution in [1.82, 2.24) is 14.7 Å². The molecule has 2 heterocycles. The minimum atomic E-state index is -0.413. The summed E-state index contributed by atoms with van der Waals surface area (Å²) in [6.45, 7) is 5.38. The van der Waals surface area contributed by atoms with Gasteiger partial charge in [0, 0.05) is 19.0 Å². The predicted octanol–water partition coefficient (Wildman–Crippen LogP) is 2.50. The molecule has 2 atom stereocenters. The van der Waals surface area contributed by atoms with E-state index in [1.54, 1.807) is 22.7 Å². The summed E-state index contributed by atoms with van der Waals surface area (Å²) in [4.78, 5) is 14.8. The number of ether oxygens (including phenoxy) is 1. The van der Waals surface area contributed by atoms with E-state index >= 15 is 0 Å². The number of amides is 1. The minimum Gasteiger partial charge on any atom is -0.490 e. The van der Waals surface area contributed by atoms with Gasteiger partial charge in [0.05, 0.1) is 24.6 Å². The van der Waals surface area contributed by atoms with Gasteiger partial charge < -0.3 is 14.7 Å². The largest absolute Gasteiger partial charge is 0.490 e. The molecule has 0 aliphatic carbocycles. The Morgan fingerprint density at radius 3 is 2.84 bits per heavy atom. The molecule has 6 heteroatoms. The number of likely N-dealkylation sites (tertiary alicyclic amines) is 1. The van der Waals surface area contributed by atoms with Crippen molar-refractivity contribution in [2.45, 2.75) is 32.8 Å². The summed E-state index contributed by atoms with van der Waals surface area (Å²) in [5, 5.41) is 14.3. The lowest BCUT2D eigenvalue weighted by molar-refractivity contribution is 0.0458. The van der Waals surface area contributed by atoms with Crippen molar-refractivity contribution < 1.29 is 14.6 Å². The van der Waals surface area contributed by atoms with Crippen LogP contribution in [0.4, 0.5) is 0 Å². The number of nitrogens with zero attached hydrogens (tertiary/aromatic N) is 3. The van der Waals surface area contributed by atoms with Crippen LogP contribution in [0.3, 0.4) is 0 Å². The molecule has 1 N–H and O–H groups in total. The maximum Gasteiger partial charge on any atom is 0.278 e. The zero-order chi connectivity index (χ0) is 17.8. The number of aliphatic hydroxyl groups excluding tert-OH is 1. The van der Waals surface area contributed by atoms with Crippen LogP contribution < -0.4 is 4.74 Å². The molecule has 6 nitrogen and oxygen atoms in total. The van der Waals surface area contributed by atoms with E-state index in [1.807, 2.05) is 37.3 Å². The second-order valence-corrected chi connectivity index (χ2v) is 6.45. The standard InChI is InChI=1S/C19H25N3O3/c1-3-25-17-13-22(16-9-5-4-6-10-16)20-18(17)19(24)21-11-7-8-15(12-21)14(2)23/h4-6,9-10,13-15,23H,3,7-8,11-12H2,1-2H3. The second kappa shape index (κ2) is 7.70. The number of aromatic nitrogens is 2. The van der Waals surface area contributed by atoms with Crippen LogP contribution in [-0.2, 0) is 0 Å². The average Bonchev–Trinajstić information content (AvgIpc) is 3.06. The predicted molar refractivity (Wildman–Crippen MR) is 95.0 cm³/mol. The molecule has 1 aliphatic rings. The first-order chi connectivity index (χ1) is 12.1. The lowest BCUT2D eigenvalue weighted by Crippen LogP contribution is -2.43. The molecule has 134 valence electrons. The van der Waals surface area contributed by atoms with E-state index in [-0.39, 0.29) is 11.8 Å².